The highest BCUT2D eigenvalue weighted by Gasteiger charge is 2.20. The number of hydrogen-bond donors (Lipinski definition) is 0. The number of rotatable bonds is 5. The number of nitrogens with zero attached hydrogens (tertiary/aromatic N) is 3. The van der Waals surface area contributed by atoms with Crippen LogP contribution in [-0.2, 0) is 16.6 Å². The fraction of sp³-hybridized carbons (Fsp3) is 0.158. The molecule has 0 atom stereocenters. The molecule has 1 aromatic heterocycles. The molecule has 0 unspecified atom stereocenters. The smallest absolute Gasteiger partial charge is 0.232 e. The first-order valence-corrected chi connectivity index (χ1v) is 9.71. The van der Waals surface area contributed by atoms with Crippen LogP contribution in [0.2, 0.25) is 0 Å². The van der Waals surface area contributed by atoms with Gasteiger partial charge in [0.05, 0.1) is 30.1 Å². The van der Waals surface area contributed by atoms with Gasteiger partial charge in [-0.15, -0.1) is 0 Å². The van der Waals surface area contributed by atoms with Crippen molar-refractivity contribution in [2.24, 2.45) is 0 Å². The van der Waals surface area contributed by atoms with Crippen LogP contribution in [0.5, 0.6) is 0 Å². The lowest BCUT2D eigenvalue weighted by Gasteiger charge is -2.21. The molecule has 3 aromatic rings. The van der Waals surface area contributed by atoms with Crippen LogP contribution in [0.1, 0.15) is 16.8 Å². The molecule has 0 fully saturated rings. The Labute approximate surface area is 152 Å². The van der Waals surface area contributed by atoms with Gasteiger partial charge < -0.3 is 4.42 Å². The second-order valence-corrected chi connectivity index (χ2v) is 7.85. The van der Waals surface area contributed by atoms with Crippen molar-refractivity contribution in [2.45, 2.75) is 13.5 Å². The summed E-state index contributed by atoms with van der Waals surface area (Å²) in [6.45, 7) is 2.01. The number of anilines is 1. The number of oxazole rings is 1. The fourth-order valence-corrected chi connectivity index (χ4v) is 3.35. The molecule has 3 rings (SSSR count). The summed E-state index contributed by atoms with van der Waals surface area (Å²) in [6.07, 6.45) is 2.56. The highest BCUT2D eigenvalue weighted by atomic mass is 32.2. The van der Waals surface area contributed by atoms with Crippen molar-refractivity contribution < 1.29 is 12.8 Å². The zero-order chi connectivity index (χ0) is 18.7. The van der Waals surface area contributed by atoms with E-state index < -0.39 is 10.0 Å². The molecule has 0 aliphatic rings. The predicted molar refractivity (Wildman–Crippen MR) is 98.9 cm³/mol. The molecule has 0 N–H and O–H groups in total. The van der Waals surface area contributed by atoms with Gasteiger partial charge in [-0.1, -0.05) is 23.8 Å². The van der Waals surface area contributed by atoms with Crippen LogP contribution in [0.3, 0.4) is 0 Å². The molecule has 26 heavy (non-hydrogen) atoms. The Morgan fingerprint density at radius 2 is 1.92 bits per heavy atom. The molecule has 0 radical (unpaired) electrons. The molecule has 0 saturated carbocycles. The van der Waals surface area contributed by atoms with Crippen LogP contribution < -0.4 is 4.31 Å². The third kappa shape index (κ3) is 3.92. The number of benzene rings is 2. The van der Waals surface area contributed by atoms with Gasteiger partial charge in [0.2, 0.25) is 15.9 Å². The van der Waals surface area contributed by atoms with Gasteiger partial charge in [-0.2, -0.15) is 5.26 Å². The molecule has 0 spiro atoms. The lowest BCUT2D eigenvalue weighted by Crippen LogP contribution is -2.29. The minimum Gasteiger partial charge on any atom is -0.444 e. The standard InChI is InChI=1S/C19H17N3O3S/c1-14-6-8-16(9-7-14)19-21-17(13-25-19)12-22(26(2,23)24)18-5-3-4-15(10-18)11-20/h3-10,13H,12H2,1-2H3. The average molecular weight is 367 g/mol. The van der Waals surface area contributed by atoms with Gasteiger partial charge in [-0.05, 0) is 37.3 Å². The van der Waals surface area contributed by atoms with E-state index in [1.165, 1.54) is 16.6 Å². The Balaban J connectivity index is 1.91. The third-order valence-corrected chi connectivity index (χ3v) is 4.96. The summed E-state index contributed by atoms with van der Waals surface area (Å²) in [4.78, 5) is 4.39. The Hall–Kier alpha value is -3.11. The maximum atomic E-state index is 12.2. The normalized spacial score (nSPS) is 11.1. The van der Waals surface area contributed by atoms with Gasteiger partial charge in [-0.25, -0.2) is 13.4 Å². The zero-order valence-electron chi connectivity index (χ0n) is 14.4. The van der Waals surface area contributed by atoms with Crippen LogP contribution in [0.15, 0.2) is 59.2 Å². The molecule has 0 aliphatic carbocycles. The van der Waals surface area contributed by atoms with Gasteiger partial charge in [0.15, 0.2) is 0 Å². The number of sulfonamides is 1. The molecule has 0 aliphatic heterocycles. The monoisotopic (exact) mass is 367 g/mol. The molecular formula is C19H17N3O3S. The SMILES string of the molecule is Cc1ccc(-c2nc(CN(c3cccc(C#N)c3)S(C)(=O)=O)co2)cc1. The third-order valence-electron chi connectivity index (χ3n) is 3.82. The van der Waals surface area contributed by atoms with Crippen molar-refractivity contribution in [3.8, 4) is 17.5 Å². The summed E-state index contributed by atoms with van der Waals surface area (Å²) in [5.74, 6) is 0.430. The van der Waals surface area contributed by atoms with E-state index in [0.717, 1.165) is 17.4 Å². The molecule has 7 heteroatoms. The molecule has 1 heterocycles. The Bertz CT molecular complexity index is 1060. The van der Waals surface area contributed by atoms with E-state index in [0.29, 0.717) is 22.8 Å². The van der Waals surface area contributed by atoms with Gasteiger partial charge in [0, 0.05) is 5.56 Å². The fourth-order valence-electron chi connectivity index (χ4n) is 2.49. The highest BCUT2D eigenvalue weighted by Crippen LogP contribution is 2.24. The Morgan fingerprint density at radius 3 is 2.58 bits per heavy atom. The lowest BCUT2D eigenvalue weighted by atomic mass is 10.1. The first-order valence-electron chi connectivity index (χ1n) is 7.86. The van der Waals surface area contributed by atoms with Crippen LogP contribution in [0, 0.1) is 18.3 Å². The summed E-state index contributed by atoms with van der Waals surface area (Å²) >= 11 is 0. The maximum Gasteiger partial charge on any atom is 0.232 e. The van der Waals surface area contributed by atoms with Crippen molar-refractivity contribution in [1.29, 1.82) is 5.26 Å². The summed E-state index contributed by atoms with van der Waals surface area (Å²) in [6, 6.07) is 16.2. The summed E-state index contributed by atoms with van der Waals surface area (Å²) < 4.78 is 31.2. The van der Waals surface area contributed by atoms with E-state index >= 15 is 0 Å². The van der Waals surface area contributed by atoms with E-state index in [1.807, 2.05) is 37.3 Å². The Kier molecular flexibility index (Phi) is 4.78. The predicted octanol–water partition coefficient (Wildman–Crippen LogP) is 3.49. The molecule has 6 nitrogen and oxygen atoms in total. The molecular weight excluding hydrogens is 350 g/mol. The van der Waals surface area contributed by atoms with Crippen LogP contribution in [0.25, 0.3) is 11.5 Å². The largest absolute Gasteiger partial charge is 0.444 e. The van der Waals surface area contributed by atoms with Gasteiger partial charge in [0.1, 0.15) is 12.0 Å². The van der Waals surface area contributed by atoms with E-state index in [9.17, 15) is 8.42 Å². The van der Waals surface area contributed by atoms with Gasteiger partial charge in [-0.3, -0.25) is 4.31 Å². The van der Waals surface area contributed by atoms with Crippen molar-refractivity contribution in [2.75, 3.05) is 10.6 Å². The number of aromatic nitrogens is 1. The topological polar surface area (TPSA) is 87.2 Å². The van der Waals surface area contributed by atoms with E-state index in [4.69, 9.17) is 9.68 Å². The average Bonchev–Trinajstić information content (AvgIpc) is 3.08. The van der Waals surface area contributed by atoms with E-state index in [-0.39, 0.29) is 6.54 Å². The quantitative estimate of drug-likeness (QED) is 0.689. The van der Waals surface area contributed by atoms with E-state index in [2.05, 4.69) is 4.98 Å². The highest BCUT2D eigenvalue weighted by molar-refractivity contribution is 7.92. The number of nitriles is 1. The summed E-state index contributed by atoms with van der Waals surface area (Å²) in [5, 5.41) is 9.04. The first-order chi connectivity index (χ1) is 12.4. The van der Waals surface area contributed by atoms with Crippen molar-refractivity contribution in [1.82, 2.24) is 4.98 Å². The lowest BCUT2D eigenvalue weighted by molar-refractivity contribution is 0.572. The second-order valence-electron chi connectivity index (χ2n) is 5.94. The van der Waals surface area contributed by atoms with Crippen LogP contribution in [0.4, 0.5) is 5.69 Å². The summed E-state index contributed by atoms with van der Waals surface area (Å²) in [5.41, 5.74) is 3.22. The molecule has 2 aromatic carbocycles. The molecule has 0 amide bonds. The van der Waals surface area contributed by atoms with Crippen molar-refractivity contribution in [3.63, 3.8) is 0 Å². The number of aryl methyl sites for hydroxylation is 1. The van der Waals surface area contributed by atoms with Crippen LogP contribution in [-0.4, -0.2) is 19.7 Å². The van der Waals surface area contributed by atoms with Crippen molar-refractivity contribution >= 4 is 15.7 Å². The second kappa shape index (κ2) is 7.02. The molecule has 0 bridgehead atoms. The van der Waals surface area contributed by atoms with Crippen molar-refractivity contribution in [3.05, 3.63) is 71.6 Å². The summed E-state index contributed by atoms with van der Waals surface area (Å²) in [7, 11) is -3.56. The first kappa shape index (κ1) is 17.7. The van der Waals surface area contributed by atoms with Gasteiger partial charge in [0.25, 0.3) is 0 Å². The van der Waals surface area contributed by atoms with Gasteiger partial charge >= 0.3 is 0 Å². The molecule has 0 saturated heterocycles. The number of hydrogen-bond acceptors (Lipinski definition) is 5. The maximum absolute atomic E-state index is 12.2. The van der Waals surface area contributed by atoms with Crippen LogP contribution >= 0.6 is 0 Å². The van der Waals surface area contributed by atoms with E-state index in [1.54, 1.807) is 18.2 Å². The Morgan fingerprint density at radius 1 is 1.19 bits per heavy atom. The minimum atomic E-state index is -3.56. The molecule has 132 valence electrons. The zero-order valence-corrected chi connectivity index (χ0v) is 15.2. The minimum absolute atomic E-state index is 0.0169.